The Morgan fingerprint density at radius 2 is 2.19 bits per heavy atom. The van der Waals surface area contributed by atoms with E-state index in [-0.39, 0.29) is 37.9 Å². The van der Waals surface area contributed by atoms with Gasteiger partial charge in [0, 0.05) is 26.4 Å². The molecule has 0 fully saturated rings. The summed E-state index contributed by atoms with van der Waals surface area (Å²) in [6.45, 7) is 0.128. The third-order valence-corrected chi connectivity index (χ3v) is 4.53. The number of pyridine rings is 1. The van der Waals surface area contributed by atoms with Gasteiger partial charge < -0.3 is 9.67 Å². The van der Waals surface area contributed by atoms with E-state index in [4.69, 9.17) is 9.94 Å². The Bertz CT molecular complexity index is 929. The fourth-order valence-electron chi connectivity index (χ4n) is 2.69. The number of fused-ring (bicyclic) bond motifs is 1. The van der Waals surface area contributed by atoms with Gasteiger partial charge >= 0.3 is 0 Å². The van der Waals surface area contributed by atoms with Gasteiger partial charge in [-0.25, -0.2) is 9.87 Å². The van der Waals surface area contributed by atoms with E-state index >= 15 is 0 Å². The third kappa shape index (κ3) is 4.37. The summed E-state index contributed by atoms with van der Waals surface area (Å²) in [5, 5.41) is 9.62. The summed E-state index contributed by atoms with van der Waals surface area (Å²) in [4.78, 5) is 21.0. The predicted octanol–water partition coefficient (Wildman–Crippen LogP) is 2.41. The first-order valence-corrected chi connectivity index (χ1v) is 9.04. The molecule has 6 nitrogen and oxygen atoms in total. The summed E-state index contributed by atoms with van der Waals surface area (Å²) < 4.78 is 17.0. The van der Waals surface area contributed by atoms with Crippen molar-refractivity contribution in [1.29, 1.82) is 0 Å². The SMILES string of the molecule is O=C(Cc1cc2ccncc2n1Cc1ccc(I)cc1F)NOCCO. The Balaban J connectivity index is 1.90. The molecule has 0 radical (unpaired) electrons. The molecular formula is C18H17FIN3O3. The Morgan fingerprint density at radius 3 is 2.96 bits per heavy atom. The lowest BCUT2D eigenvalue weighted by Crippen LogP contribution is -2.27. The minimum absolute atomic E-state index is 0.0203. The second-order valence-electron chi connectivity index (χ2n) is 5.67. The van der Waals surface area contributed by atoms with E-state index in [2.05, 4.69) is 33.1 Å². The van der Waals surface area contributed by atoms with Gasteiger partial charge in [-0.05, 0) is 46.9 Å². The van der Waals surface area contributed by atoms with Gasteiger partial charge in [0.25, 0.3) is 0 Å². The molecule has 0 bridgehead atoms. The first-order valence-electron chi connectivity index (χ1n) is 7.96. The summed E-state index contributed by atoms with van der Waals surface area (Å²) in [6, 6.07) is 8.80. The fraction of sp³-hybridized carbons (Fsp3) is 0.222. The molecule has 2 heterocycles. The molecule has 136 valence electrons. The van der Waals surface area contributed by atoms with Crippen LogP contribution in [0.4, 0.5) is 4.39 Å². The monoisotopic (exact) mass is 469 g/mol. The zero-order valence-corrected chi connectivity index (χ0v) is 15.9. The van der Waals surface area contributed by atoms with Crippen molar-refractivity contribution in [2.45, 2.75) is 13.0 Å². The lowest BCUT2D eigenvalue weighted by Gasteiger charge is -2.12. The van der Waals surface area contributed by atoms with E-state index in [9.17, 15) is 9.18 Å². The fourth-order valence-corrected chi connectivity index (χ4v) is 3.14. The number of rotatable bonds is 7. The highest BCUT2D eigenvalue weighted by Gasteiger charge is 2.14. The van der Waals surface area contributed by atoms with Crippen LogP contribution in [0.2, 0.25) is 0 Å². The molecule has 0 saturated carbocycles. The van der Waals surface area contributed by atoms with Crippen LogP contribution in [-0.4, -0.2) is 33.8 Å². The van der Waals surface area contributed by atoms with E-state index in [1.807, 2.05) is 22.8 Å². The number of amides is 1. The van der Waals surface area contributed by atoms with Gasteiger partial charge in [0.05, 0.1) is 37.9 Å². The van der Waals surface area contributed by atoms with Crippen LogP contribution in [-0.2, 0) is 22.6 Å². The zero-order chi connectivity index (χ0) is 18.5. The van der Waals surface area contributed by atoms with Crippen molar-refractivity contribution < 1.29 is 19.1 Å². The number of aromatic nitrogens is 2. The standard InChI is InChI=1S/C18H17FIN3O3/c19-16-8-14(20)2-1-13(16)11-23-15(9-18(25)22-26-6-5-24)7-12-3-4-21-10-17(12)23/h1-4,7-8,10,24H,5-6,9,11H2,(H,22,25). The number of hydroxylamine groups is 1. The van der Waals surface area contributed by atoms with Crippen molar-refractivity contribution in [3.05, 3.63) is 63.4 Å². The number of halogens is 2. The highest BCUT2D eigenvalue weighted by molar-refractivity contribution is 14.1. The first kappa shape index (κ1) is 18.7. The molecule has 26 heavy (non-hydrogen) atoms. The summed E-state index contributed by atoms with van der Waals surface area (Å²) in [5.41, 5.74) is 4.36. The highest BCUT2D eigenvalue weighted by atomic mass is 127. The number of nitrogens with one attached hydrogen (secondary N) is 1. The molecule has 0 atom stereocenters. The average molecular weight is 469 g/mol. The van der Waals surface area contributed by atoms with Gasteiger partial charge in [0.2, 0.25) is 5.91 Å². The molecule has 0 spiro atoms. The number of nitrogens with zero attached hydrogens (tertiary/aromatic N) is 2. The van der Waals surface area contributed by atoms with Gasteiger partial charge in [0.15, 0.2) is 0 Å². The minimum atomic E-state index is -0.349. The molecule has 1 amide bonds. The molecule has 0 aliphatic heterocycles. The lowest BCUT2D eigenvalue weighted by molar-refractivity contribution is -0.133. The maximum absolute atomic E-state index is 14.3. The number of benzene rings is 1. The summed E-state index contributed by atoms with van der Waals surface area (Å²) in [5.74, 6) is -0.636. The third-order valence-electron chi connectivity index (χ3n) is 3.86. The van der Waals surface area contributed by atoms with Gasteiger partial charge in [0.1, 0.15) is 5.82 Å². The molecular weight excluding hydrogens is 452 g/mol. The van der Waals surface area contributed by atoms with Crippen LogP contribution in [0.3, 0.4) is 0 Å². The Kier molecular flexibility index (Phi) is 6.17. The van der Waals surface area contributed by atoms with Crippen molar-refractivity contribution in [3.8, 4) is 0 Å². The van der Waals surface area contributed by atoms with Crippen LogP contribution in [0, 0.1) is 9.39 Å². The summed E-state index contributed by atoms with van der Waals surface area (Å²) >= 11 is 2.06. The number of aliphatic hydroxyl groups excluding tert-OH is 1. The van der Waals surface area contributed by atoms with Gasteiger partial charge in [-0.1, -0.05) is 6.07 Å². The number of aliphatic hydroxyl groups is 1. The Labute approximate surface area is 163 Å². The van der Waals surface area contributed by atoms with Crippen molar-refractivity contribution in [1.82, 2.24) is 15.0 Å². The molecule has 0 aliphatic carbocycles. The van der Waals surface area contributed by atoms with Crippen molar-refractivity contribution in [2.24, 2.45) is 0 Å². The quantitative estimate of drug-likeness (QED) is 0.317. The van der Waals surface area contributed by atoms with Crippen LogP contribution < -0.4 is 5.48 Å². The number of carbonyl (C=O) groups excluding carboxylic acids is 1. The molecule has 2 N–H and O–H groups in total. The average Bonchev–Trinajstić information content (AvgIpc) is 2.95. The van der Waals surface area contributed by atoms with E-state index in [1.54, 1.807) is 18.5 Å². The summed E-state index contributed by atoms with van der Waals surface area (Å²) in [6.07, 6.45) is 3.43. The van der Waals surface area contributed by atoms with Crippen LogP contribution in [0.1, 0.15) is 11.3 Å². The number of carbonyl (C=O) groups is 1. The molecule has 1 aromatic carbocycles. The van der Waals surface area contributed by atoms with Crippen molar-refractivity contribution in [2.75, 3.05) is 13.2 Å². The summed E-state index contributed by atoms with van der Waals surface area (Å²) in [7, 11) is 0. The maximum atomic E-state index is 14.3. The molecule has 8 heteroatoms. The molecule has 0 aliphatic rings. The van der Waals surface area contributed by atoms with Gasteiger partial charge in [-0.15, -0.1) is 0 Å². The van der Waals surface area contributed by atoms with Gasteiger partial charge in [-0.2, -0.15) is 0 Å². The molecule has 3 aromatic rings. The Morgan fingerprint density at radius 1 is 1.35 bits per heavy atom. The normalized spacial score (nSPS) is 11.0. The van der Waals surface area contributed by atoms with Crippen LogP contribution in [0.15, 0.2) is 42.7 Å². The topological polar surface area (TPSA) is 76.4 Å². The number of hydrogen-bond donors (Lipinski definition) is 2. The second kappa shape index (κ2) is 8.56. The molecule has 3 rings (SSSR count). The maximum Gasteiger partial charge on any atom is 0.249 e. The number of hydrogen-bond acceptors (Lipinski definition) is 4. The first-order chi connectivity index (χ1) is 12.6. The molecule has 2 aromatic heterocycles. The highest BCUT2D eigenvalue weighted by Crippen LogP contribution is 2.22. The minimum Gasteiger partial charge on any atom is -0.394 e. The van der Waals surface area contributed by atoms with E-state index in [1.165, 1.54) is 6.07 Å². The molecule has 0 unspecified atom stereocenters. The molecule has 0 saturated heterocycles. The Hall–Kier alpha value is -2.04. The van der Waals surface area contributed by atoms with Crippen LogP contribution in [0.5, 0.6) is 0 Å². The van der Waals surface area contributed by atoms with Crippen molar-refractivity contribution >= 4 is 39.4 Å². The van der Waals surface area contributed by atoms with E-state index in [0.29, 0.717) is 5.56 Å². The smallest absolute Gasteiger partial charge is 0.249 e. The zero-order valence-electron chi connectivity index (χ0n) is 13.8. The largest absolute Gasteiger partial charge is 0.394 e. The second-order valence-corrected chi connectivity index (χ2v) is 6.91. The van der Waals surface area contributed by atoms with E-state index < -0.39 is 0 Å². The van der Waals surface area contributed by atoms with Crippen LogP contribution >= 0.6 is 22.6 Å². The predicted molar refractivity (Wildman–Crippen MR) is 103 cm³/mol. The van der Waals surface area contributed by atoms with E-state index in [0.717, 1.165) is 20.2 Å². The van der Waals surface area contributed by atoms with Crippen LogP contribution in [0.25, 0.3) is 10.9 Å². The van der Waals surface area contributed by atoms with Crippen molar-refractivity contribution in [3.63, 3.8) is 0 Å². The lowest BCUT2D eigenvalue weighted by atomic mass is 10.2. The van der Waals surface area contributed by atoms with Gasteiger partial charge in [-0.3, -0.25) is 14.6 Å².